The van der Waals surface area contributed by atoms with Gasteiger partial charge in [0, 0.05) is 24.3 Å². The molecule has 90 valence electrons. The van der Waals surface area contributed by atoms with E-state index < -0.39 is 6.29 Å². The van der Waals surface area contributed by atoms with Gasteiger partial charge in [-0.3, -0.25) is 0 Å². The molecule has 1 aromatic rings. The second-order valence-electron chi connectivity index (χ2n) is 3.75. The number of aliphatic hydroxyl groups is 2. The fraction of sp³-hybridized carbons (Fsp3) is 0.455. The van der Waals surface area contributed by atoms with E-state index in [9.17, 15) is 0 Å². The van der Waals surface area contributed by atoms with E-state index in [1.54, 1.807) is 12.1 Å². The van der Waals surface area contributed by atoms with E-state index in [4.69, 9.17) is 21.7 Å². The van der Waals surface area contributed by atoms with Crippen LogP contribution < -0.4 is 16.8 Å². The molecule has 0 fully saturated rings. The Bertz CT molecular complexity index is 353. The van der Waals surface area contributed by atoms with Crippen LogP contribution in [-0.2, 0) is 13.0 Å². The van der Waals surface area contributed by atoms with E-state index in [0.29, 0.717) is 24.3 Å². The minimum absolute atomic E-state index is 0.254. The smallest absolute Gasteiger partial charge is 0.151 e. The number of nitrogen functional groups attached to an aromatic ring is 2. The average Bonchev–Trinajstić information content (AvgIpc) is 2.22. The summed E-state index contributed by atoms with van der Waals surface area (Å²) in [6, 6.07) is 3.51. The van der Waals surface area contributed by atoms with E-state index in [-0.39, 0.29) is 6.42 Å². The maximum atomic E-state index is 8.86. The summed E-state index contributed by atoms with van der Waals surface area (Å²) in [4.78, 5) is 0. The molecular weight excluding hydrogens is 206 g/mol. The molecule has 1 rings (SSSR count). The van der Waals surface area contributed by atoms with Crippen molar-refractivity contribution in [1.82, 2.24) is 5.32 Å². The molecule has 0 aliphatic carbocycles. The van der Waals surface area contributed by atoms with Gasteiger partial charge in [0.15, 0.2) is 6.29 Å². The molecule has 0 unspecified atom stereocenters. The van der Waals surface area contributed by atoms with Gasteiger partial charge in [-0.05, 0) is 36.7 Å². The minimum atomic E-state index is -1.32. The molecule has 0 spiro atoms. The Morgan fingerprint density at radius 1 is 1.19 bits per heavy atom. The molecule has 0 heterocycles. The molecule has 5 nitrogen and oxygen atoms in total. The minimum Gasteiger partial charge on any atom is -0.398 e. The number of aliphatic hydroxyl groups excluding tert-OH is 1. The summed E-state index contributed by atoms with van der Waals surface area (Å²) < 4.78 is 0. The fourth-order valence-electron chi connectivity index (χ4n) is 1.68. The number of benzene rings is 1. The van der Waals surface area contributed by atoms with Gasteiger partial charge < -0.3 is 27.0 Å². The highest BCUT2D eigenvalue weighted by molar-refractivity contribution is 5.62. The van der Waals surface area contributed by atoms with E-state index >= 15 is 0 Å². The molecule has 0 aliphatic rings. The molecule has 0 amide bonds. The number of nitrogens with two attached hydrogens (primary N) is 2. The number of hydrogen-bond acceptors (Lipinski definition) is 5. The lowest BCUT2D eigenvalue weighted by Crippen LogP contribution is -2.14. The molecule has 0 radical (unpaired) electrons. The quantitative estimate of drug-likeness (QED) is 0.353. The van der Waals surface area contributed by atoms with Crippen molar-refractivity contribution in [2.24, 2.45) is 0 Å². The van der Waals surface area contributed by atoms with Gasteiger partial charge in [-0.25, -0.2) is 0 Å². The first-order valence-corrected chi connectivity index (χ1v) is 5.22. The summed E-state index contributed by atoms with van der Waals surface area (Å²) in [5.41, 5.74) is 14.9. The van der Waals surface area contributed by atoms with Crippen LogP contribution in [0.25, 0.3) is 0 Å². The zero-order chi connectivity index (χ0) is 12.1. The van der Waals surface area contributed by atoms with Gasteiger partial charge in [-0.2, -0.15) is 0 Å². The van der Waals surface area contributed by atoms with Gasteiger partial charge >= 0.3 is 0 Å². The highest BCUT2D eigenvalue weighted by Gasteiger charge is 2.10. The Labute approximate surface area is 95.1 Å². The van der Waals surface area contributed by atoms with Crippen molar-refractivity contribution in [3.05, 3.63) is 23.3 Å². The van der Waals surface area contributed by atoms with Gasteiger partial charge in [-0.15, -0.1) is 0 Å². The third-order valence-electron chi connectivity index (χ3n) is 2.51. The molecular formula is C11H19N3O2. The van der Waals surface area contributed by atoms with Crippen LogP contribution in [0.4, 0.5) is 11.4 Å². The second-order valence-corrected chi connectivity index (χ2v) is 3.75. The molecule has 0 saturated heterocycles. The predicted molar refractivity (Wildman–Crippen MR) is 64.6 cm³/mol. The SMILES string of the molecule is CNCc1c(N)ccc(N)c1CCC(O)O. The average molecular weight is 225 g/mol. The first-order chi connectivity index (χ1) is 7.56. The molecule has 7 N–H and O–H groups in total. The fourth-order valence-corrected chi connectivity index (χ4v) is 1.68. The topological polar surface area (TPSA) is 105 Å². The zero-order valence-corrected chi connectivity index (χ0v) is 9.40. The molecule has 1 aromatic carbocycles. The van der Waals surface area contributed by atoms with Crippen LogP contribution in [0.2, 0.25) is 0 Å². The highest BCUT2D eigenvalue weighted by atomic mass is 16.5. The number of anilines is 2. The first-order valence-electron chi connectivity index (χ1n) is 5.22. The van der Waals surface area contributed by atoms with Gasteiger partial charge in [0.25, 0.3) is 0 Å². The van der Waals surface area contributed by atoms with E-state index in [1.807, 2.05) is 7.05 Å². The maximum Gasteiger partial charge on any atom is 0.151 e. The first kappa shape index (κ1) is 12.8. The van der Waals surface area contributed by atoms with Crippen molar-refractivity contribution < 1.29 is 10.2 Å². The Hall–Kier alpha value is -1.30. The Morgan fingerprint density at radius 3 is 2.25 bits per heavy atom. The largest absolute Gasteiger partial charge is 0.398 e. The normalized spacial score (nSPS) is 11.0. The summed E-state index contributed by atoms with van der Waals surface area (Å²) in [5.74, 6) is 0. The van der Waals surface area contributed by atoms with Crippen LogP contribution in [0.3, 0.4) is 0 Å². The molecule has 5 heteroatoms. The van der Waals surface area contributed by atoms with Gasteiger partial charge in [0.05, 0.1) is 0 Å². The maximum absolute atomic E-state index is 8.86. The van der Waals surface area contributed by atoms with Crippen molar-refractivity contribution in [3.8, 4) is 0 Å². The lowest BCUT2D eigenvalue weighted by atomic mass is 9.99. The lowest BCUT2D eigenvalue weighted by Gasteiger charge is -2.15. The Kier molecular flexibility index (Phi) is 4.54. The van der Waals surface area contributed by atoms with Crippen LogP contribution in [0.5, 0.6) is 0 Å². The monoisotopic (exact) mass is 225 g/mol. The Balaban J connectivity index is 2.98. The predicted octanol–water partition coefficient (Wildman–Crippen LogP) is -0.186. The third kappa shape index (κ3) is 3.10. The van der Waals surface area contributed by atoms with Crippen LogP contribution in [0, 0.1) is 0 Å². The van der Waals surface area contributed by atoms with Crippen LogP contribution in [0.15, 0.2) is 12.1 Å². The molecule has 0 bridgehead atoms. The standard InChI is InChI=1S/C11H19N3O2/c1-14-6-8-7(2-5-11(15)16)9(12)3-4-10(8)13/h3-4,11,14-16H,2,5-6,12-13H2,1H3. The summed E-state index contributed by atoms with van der Waals surface area (Å²) in [6.45, 7) is 0.619. The number of rotatable bonds is 5. The van der Waals surface area contributed by atoms with Gasteiger partial charge in [0.2, 0.25) is 0 Å². The Morgan fingerprint density at radius 2 is 1.75 bits per heavy atom. The lowest BCUT2D eigenvalue weighted by molar-refractivity contribution is -0.0446. The van der Waals surface area contributed by atoms with Gasteiger partial charge in [-0.1, -0.05) is 0 Å². The van der Waals surface area contributed by atoms with E-state index in [2.05, 4.69) is 5.32 Å². The molecule has 0 saturated carbocycles. The summed E-state index contributed by atoms with van der Waals surface area (Å²) in [6.07, 6.45) is -0.557. The summed E-state index contributed by atoms with van der Waals surface area (Å²) in [5, 5.41) is 20.7. The highest BCUT2D eigenvalue weighted by Crippen LogP contribution is 2.24. The molecule has 16 heavy (non-hydrogen) atoms. The van der Waals surface area contributed by atoms with E-state index in [0.717, 1.165) is 11.1 Å². The molecule has 0 aromatic heterocycles. The summed E-state index contributed by atoms with van der Waals surface area (Å²) >= 11 is 0. The van der Waals surface area contributed by atoms with Crippen LogP contribution in [-0.4, -0.2) is 23.6 Å². The van der Waals surface area contributed by atoms with Crippen molar-refractivity contribution in [1.29, 1.82) is 0 Å². The van der Waals surface area contributed by atoms with Crippen LogP contribution >= 0.6 is 0 Å². The van der Waals surface area contributed by atoms with Crippen molar-refractivity contribution in [2.45, 2.75) is 25.7 Å². The van der Waals surface area contributed by atoms with Crippen molar-refractivity contribution in [2.75, 3.05) is 18.5 Å². The third-order valence-corrected chi connectivity index (χ3v) is 2.51. The second kappa shape index (κ2) is 5.69. The van der Waals surface area contributed by atoms with Crippen LogP contribution in [0.1, 0.15) is 17.5 Å². The number of hydrogen-bond donors (Lipinski definition) is 5. The number of nitrogens with one attached hydrogen (secondary N) is 1. The summed E-state index contributed by atoms with van der Waals surface area (Å²) in [7, 11) is 1.83. The van der Waals surface area contributed by atoms with E-state index in [1.165, 1.54) is 0 Å². The molecule has 0 atom stereocenters. The van der Waals surface area contributed by atoms with Crippen molar-refractivity contribution in [3.63, 3.8) is 0 Å². The molecule has 0 aliphatic heterocycles. The van der Waals surface area contributed by atoms with Gasteiger partial charge in [0.1, 0.15) is 0 Å². The zero-order valence-electron chi connectivity index (χ0n) is 9.40. The van der Waals surface area contributed by atoms with Crippen molar-refractivity contribution >= 4 is 11.4 Å².